The first kappa shape index (κ1) is 48.9. The molecule has 3 saturated heterocycles. The van der Waals surface area contributed by atoms with Crippen molar-refractivity contribution in [1.29, 1.82) is 0 Å². The molecule has 6 N–H and O–H groups in total. The van der Waals surface area contributed by atoms with Crippen LogP contribution in [0.15, 0.2) is 36.5 Å². The van der Waals surface area contributed by atoms with Crippen molar-refractivity contribution in [2.75, 3.05) is 6.54 Å². The minimum Gasteiger partial charge on any atom is -0.459 e. The summed E-state index contributed by atoms with van der Waals surface area (Å²) in [4.78, 5) is 46.3. The molecule has 1 amide bonds. The molecule has 5 rings (SSSR count). The maximum atomic E-state index is 14.6. The number of esters is 1. The molecule has 3 fully saturated rings. The molecule has 2 aromatic rings. The summed E-state index contributed by atoms with van der Waals surface area (Å²) in [5.74, 6) is -6.03. The molecule has 61 heavy (non-hydrogen) atoms. The minimum absolute atomic E-state index is 0.0846. The maximum absolute atomic E-state index is 14.6. The van der Waals surface area contributed by atoms with Crippen LogP contribution in [0.1, 0.15) is 112 Å². The molecule has 342 valence electrons. The third kappa shape index (κ3) is 11.0. The second-order valence-electron chi connectivity index (χ2n) is 19.4. The third-order valence-corrected chi connectivity index (χ3v) is 13.5. The van der Waals surface area contributed by atoms with Crippen LogP contribution in [0.2, 0.25) is 0 Å². The number of nitrogens with zero attached hydrogens (tertiary/aromatic N) is 1. The van der Waals surface area contributed by atoms with Crippen molar-refractivity contribution in [1.82, 2.24) is 10.3 Å². The number of hydrogen-bond donors (Lipinski definition) is 6. The lowest BCUT2D eigenvalue weighted by Crippen LogP contribution is -2.59. The summed E-state index contributed by atoms with van der Waals surface area (Å²) in [5.41, 5.74) is -3.58. The molecule has 15 heteroatoms. The number of carbonyl (C=O) groups is 3. The largest absolute Gasteiger partial charge is 0.459 e. The van der Waals surface area contributed by atoms with Crippen molar-refractivity contribution in [2.45, 2.75) is 174 Å². The Hall–Kier alpha value is -3.12. The average molecular weight is 859 g/mol. The molecule has 15 nitrogen and oxygen atoms in total. The number of Topliss-reactive ketones (excluding diaryl/α,β-unsaturated/α-hetero) is 1. The lowest BCUT2D eigenvalue weighted by molar-refractivity contribution is -0.312. The van der Waals surface area contributed by atoms with Gasteiger partial charge in [0.15, 0.2) is 12.6 Å². The van der Waals surface area contributed by atoms with Crippen LogP contribution in [0.5, 0.6) is 0 Å². The van der Waals surface area contributed by atoms with Gasteiger partial charge in [0.05, 0.1) is 53.7 Å². The van der Waals surface area contributed by atoms with Gasteiger partial charge in [-0.15, -0.1) is 0 Å². The number of pyridine rings is 1. The van der Waals surface area contributed by atoms with E-state index >= 15 is 0 Å². The number of cyclic esters (lactones) is 1. The fourth-order valence-electron chi connectivity index (χ4n) is 9.69. The Bertz CT molecular complexity index is 1840. The highest BCUT2D eigenvalue weighted by molar-refractivity contribution is 5.97. The van der Waals surface area contributed by atoms with E-state index in [1.54, 1.807) is 58.2 Å². The molecule has 0 radical (unpaired) electrons. The molecular formula is C46H70N2O13. The van der Waals surface area contributed by atoms with Crippen molar-refractivity contribution in [3.8, 4) is 0 Å². The molecule has 0 spiro atoms. The molecule has 4 heterocycles. The predicted octanol–water partition coefficient (Wildman–Crippen LogP) is 4.07. The van der Waals surface area contributed by atoms with E-state index in [-0.39, 0.29) is 37.8 Å². The van der Waals surface area contributed by atoms with Crippen molar-refractivity contribution in [3.05, 3.63) is 42.1 Å². The van der Waals surface area contributed by atoms with Gasteiger partial charge in [-0.1, -0.05) is 47.6 Å². The van der Waals surface area contributed by atoms with E-state index in [1.807, 2.05) is 33.8 Å². The van der Waals surface area contributed by atoms with Crippen molar-refractivity contribution < 1.29 is 63.6 Å². The van der Waals surface area contributed by atoms with Crippen LogP contribution in [-0.4, -0.2) is 127 Å². The summed E-state index contributed by atoms with van der Waals surface area (Å²) < 4.78 is 31.7. The van der Waals surface area contributed by atoms with Gasteiger partial charge in [0, 0.05) is 54.3 Å². The van der Waals surface area contributed by atoms with E-state index in [4.69, 9.17) is 23.7 Å². The summed E-state index contributed by atoms with van der Waals surface area (Å²) in [6.45, 7) is 18.4. The van der Waals surface area contributed by atoms with Crippen LogP contribution in [0.4, 0.5) is 0 Å². The van der Waals surface area contributed by atoms with Crippen molar-refractivity contribution in [2.24, 2.45) is 35.0 Å². The first-order valence-corrected chi connectivity index (χ1v) is 21.8. The molecule has 17 atom stereocenters. The van der Waals surface area contributed by atoms with Gasteiger partial charge in [-0.05, 0) is 83.1 Å². The minimum atomic E-state index is -2.20. The smallest absolute Gasteiger partial charge is 0.311 e. The fraction of sp³-hybridized carbons (Fsp3) is 0.739. The van der Waals surface area contributed by atoms with Gasteiger partial charge in [-0.3, -0.25) is 19.4 Å². The number of carbonyl (C=O) groups excluding carboxylic acids is 3. The Balaban J connectivity index is 1.52. The van der Waals surface area contributed by atoms with E-state index in [0.29, 0.717) is 12.0 Å². The average Bonchev–Trinajstić information content (AvgIpc) is 3.19. The SMILES string of the molecule is CC1CC(C)C(O)C(O[C@@H]2[C@@H](C)[C@H](OC3CC(C)(C)C(O)C(C)O3)[C@@H](C)C(=O)O[C@H](CCNC(=O)c3ccc4ncccc4c3)[C@@](C)(O)[C@H](O)[C@@H](C)C(=O)[C@H](C)C[C@@]2(C)O)O1. The monoisotopic (exact) mass is 858 g/mol. The number of aliphatic hydroxyl groups is 5. The number of ether oxygens (including phenoxy) is 5. The Labute approximate surface area is 359 Å². The van der Waals surface area contributed by atoms with Gasteiger partial charge in [-0.25, -0.2) is 0 Å². The molecule has 3 aliphatic heterocycles. The molecule has 1 aromatic carbocycles. The van der Waals surface area contributed by atoms with Crippen LogP contribution >= 0.6 is 0 Å². The number of fused-ring (bicyclic) bond motifs is 1. The number of aromatic nitrogens is 1. The number of amides is 1. The number of aliphatic hydroxyl groups excluding tert-OH is 3. The van der Waals surface area contributed by atoms with Gasteiger partial charge in [-0.2, -0.15) is 0 Å². The van der Waals surface area contributed by atoms with E-state index < -0.39 is 113 Å². The number of benzene rings is 1. The van der Waals surface area contributed by atoms with Gasteiger partial charge < -0.3 is 54.5 Å². The number of nitrogens with one attached hydrogen (secondary N) is 1. The lowest BCUT2D eigenvalue weighted by atomic mass is 9.74. The van der Waals surface area contributed by atoms with E-state index in [0.717, 1.165) is 10.9 Å². The zero-order valence-corrected chi connectivity index (χ0v) is 37.6. The zero-order chi connectivity index (χ0) is 45.4. The lowest BCUT2D eigenvalue weighted by Gasteiger charge is -2.48. The zero-order valence-electron chi connectivity index (χ0n) is 37.6. The van der Waals surface area contributed by atoms with Gasteiger partial charge in [0.1, 0.15) is 23.6 Å². The standard InChI is InChI=1S/C46H70N2O13/c1-23-19-25(3)57-43(36(23)50)61-40-27(5)37(60-34-22-44(8,9)39(52)29(7)58-34)28(6)42(54)59-33(46(11,56)38(51)26(4)35(49)24(2)21-45(40,10)55)16-18-48-41(53)31-14-15-32-30(20-31)13-12-17-47-32/h12-15,17,20,23-29,33-34,36-40,43,50-52,55-56H,16,18-19,21-22H2,1-11H3,(H,48,53)/t23?,24-,25?,26+,27+,28-,29?,33-,34?,36?,37+,38-,39?,40-,43?,45-,46-/m1/s1. The maximum Gasteiger partial charge on any atom is 0.311 e. The summed E-state index contributed by atoms with van der Waals surface area (Å²) in [6, 6.07) is 8.67. The first-order chi connectivity index (χ1) is 28.3. The highest BCUT2D eigenvalue weighted by Crippen LogP contribution is 2.42. The Kier molecular flexibility index (Phi) is 15.5. The summed E-state index contributed by atoms with van der Waals surface area (Å²) in [5, 5.41) is 62.1. The van der Waals surface area contributed by atoms with Gasteiger partial charge in [0.2, 0.25) is 0 Å². The molecule has 1 aromatic heterocycles. The molecule has 0 saturated carbocycles. The summed E-state index contributed by atoms with van der Waals surface area (Å²) >= 11 is 0. The normalized spacial score (nSPS) is 41.7. The number of rotatable bonds is 8. The second kappa shape index (κ2) is 19.3. The Morgan fingerprint density at radius 2 is 1.59 bits per heavy atom. The second-order valence-corrected chi connectivity index (χ2v) is 19.4. The van der Waals surface area contributed by atoms with E-state index in [2.05, 4.69) is 10.3 Å². The van der Waals surface area contributed by atoms with E-state index in [9.17, 15) is 39.9 Å². The predicted molar refractivity (Wildman–Crippen MR) is 225 cm³/mol. The van der Waals surface area contributed by atoms with Crippen LogP contribution in [0.25, 0.3) is 10.9 Å². The van der Waals surface area contributed by atoms with Crippen LogP contribution < -0.4 is 5.32 Å². The van der Waals surface area contributed by atoms with Crippen LogP contribution in [-0.2, 0) is 33.3 Å². The van der Waals surface area contributed by atoms with Crippen molar-refractivity contribution >= 4 is 28.6 Å². The highest BCUT2D eigenvalue weighted by atomic mass is 16.7. The van der Waals surface area contributed by atoms with Crippen molar-refractivity contribution in [3.63, 3.8) is 0 Å². The van der Waals surface area contributed by atoms with Gasteiger partial charge in [0.25, 0.3) is 5.91 Å². The third-order valence-electron chi connectivity index (χ3n) is 13.5. The van der Waals surface area contributed by atoms with Gasteiger partial charge >= 0.3 is 5.97 Å². The molecular weight excluding hydrogens is 789 g/mol. The fourth-order valence-corrected chi connectivity index (χ4v) is 9.69. The van der Waals surface area contributed by atoms with Crippen LogP contribution in [0, 0.1) is 35.0 Å². The Morgan fingerprint density at radius 3 is 2.26 bits per heavy atom. The van der Waals surface area contributed by atoms with Crippen LogP contribution in [0.3, 0.4) is 0 Å². The first-order valence-electron chi connectivity index (χ1n) is 21.8. The molecule has 3 aliphatic rings. The topological polar surface area (TPSA) is 223 Å². The van der Waals surface area contributed by atoms with E-state index in [1.165, 1.54) is 20.8 Å². The number of hydrogen-bond acceptors (Lipinski definition) is 14. The summed E-state index contributed by atoms with van der Waals surface area (Å²) in [6.07, 6.45) is -8.27. The molecule has 7 unspecified atom stereocenters. The summed E-state index contributed by atoms with van der Waals surface area (Å²) in [7, 11) is 0. The highest BCUT2D eigenvalue weighted by Gasteiger charge is 2.53. The Morgan fingerprint density at radius 1 is 0.902 bits per heavy atom. The molecule has 0 bridgehead atoms. The quantitative estimate of drug-likeness (QED) is 0.206. The molecule has 0 aliphatic carbocycles. The number of ketones is 1.